The first-order chi connectivity index (χ1) is 12.0. The second-order valence-corrected chi connectivity index (χ2v) is 6.39. The molecule has 0 fully saturated rings. The fourth-order valence-electron chi connectivity index (χ4n) is 2.57. The van der Waals surface area contributed by atoms with Crippen LogP contribution >= 0.6 is 15.9 Å². The molecule has 0 spiro atoms. The van der Waals surface area contributed by atoms with Gasteiger partial charge in [-0.05, 0) is 66.2 Å². The van der Waals surface area contributed by atoms with Crippen LogP contribution in [0.15, 0.2) is 53.0 Å². The summed E-state index contributed by atoms with van der Waals surface area (Å²) < 4.78 is 8.09. The van der Waals surface area contributed by atoms with Gasteiger partial charge in [0.05, 0.1) is 34.3 Å². The average molecular weight is 400 g/mol. The van der Waals surface area contributed by atoms with Crippen LogP contribution in [0.3, 0.4) is 0 Å². The predicted octanol–water partition coefficient (Wildman–Crippen LogP) is 4.51. The third-order valence-corrected chi connectivity index (χ3v) is 5.08. The molecule has 1 aromatic heterocycles. The number of anilines is 1. The summed E-state index contributed by atoms with van der Waals surface area (Å²) in [4.78, 5) is 12.5. The lowest BCUT2D eigenvalue weighted by Crippen LogP contribution is -2.12. The summed E-state index contributed by atoms with van der Waals surface area (Å²) in [6.07, 6.45) is 0. The van der Waals surface area contributed by atoms with E-state index in [0.717, 1.165) is 21.5 Å². The number of aryl methyl sites for hydroxylation is 1. The minimum Gasteiger partial charge on any atom is -0.495 e. The van der Waals surface area contributed by atoms with Crippen LogP contribution in [0.4, 0.5) is 5.69 Å². The Balaban J connectivity index is 1.82. The van der Waals surface area contributed by atoms with E-state index in [-0.39, 0.29) is 5.91 Å². The van der Waals surface area contributed by atoms with E-state index < -0.39 is 0 Å². The van der Waals surface area contributed by atoms with Crippen molar-refractivity contribution in [3.8, 4) is 11.4 Å². The lowest BCUT2D eigenvalue weighted by Gasteiger charge is -2.10. The van der Waals surface area contributed by atoms with Crippen LogP contribution in [0.1, 0.15) is 21.7 Å². The fourth-order valence-corrected chi connectivity index (χ4v) is 2.82. The Morgan fingerprint density at radius 1 is 1.12 bits per heavy atom. The number of methoxy groups -OCH3 is 1. The second kappa shape index (κ2) is 7.11. The van der Waals surface area contributed by atoms with Crippen LogP contribution in [0.2, 0.25) is 0 Å². The van der Waals surface area contributed by atoms with Crippen molar-refractivity contribution in [1.29, 1.82) is 0 Å². The van der Waals surface area contributed by atoms with Crippen molar-refractivity contribution in [3.63, 3.8) is 0 Å². The van der Waals surface area contributed by atoms with Crippen LogP contribution < -0.4 is 10.1 Å². The lowest BCUT2D eigenvalue weighted by molar-refractivity contribution is 0.102. The SMILES string of the molecule is COc1ccccc1NC(=O)c1ccc(-n2nc(C)c(Br)c2C)cc1. The molecule has 6 heteroatoms. The molecule has 0 atom stereocenters. The summed E-state index contributed by atoms with van der Waals surface area (Å²) >= 11 is 3.53. The van der Waals surface area contributed by atoms with E-state index in [1.54, 1.807) is 31.4 Å². The minimum atomic E-state index is -0.189. The Kier molecular flexibility index (Phi) is 4.90. The number of carbonyl (C=O) groups excluding carboxylic acids is 1. The molecular weight excluding hydrogens is 382 g/mol. The molecule has 1 amide bonds. The zero-order valence-electron chi connectivity index (χ0n) is 14.2. The number of carbonyl (C=O) groups is 1. The molecule has 0 saturated heterocycles. The summed E-state index contributed by atoms with van der Waals surface area (Å²) in [5.74, 6) is 0.436. The molecule has 0 aliphatic heterocycles. The maximum absolute atomic E-state index is 12.5. The quantitative estimate of drug-likeness (QED) is 0.701. The number of ether oxygens (including phenoxy) is 1. The second-order valence-electron chi connectivity index (χ2n) is 5.60. The largest absolute Gasteiger partial charge is 0.495 e. The van der Waals surface area contributed by atoms with Crippen LogP contribution in [0.25, 0.3) is 5.69 Å². The molecule has 2 aromatic carbocycles. The lowest BCUT2D eigenvalue weighted by atomic mass is 10.2. The van der Waals surface area contributed by atoms with Crippen LogP contribution in [-0.2, 0) is 0 Å². The van der Waals surface area contributed by atoms with Crippen molar-refractivity contribution in [2.45, 2.75) is 13.8 Å². The highest BCUT2D eigenvalue weighted by molar-refractivity contribution is 9.10. The van der Waals surface area contributed by atoms with E-state index in [9.17, 15) is 4.79 Å². The van der Waals surface area contributed by atoms with Gasteiger partial charge < -0.3 is 10.1 Å². The third-order valence-electron chi connectivity index (χ3n) is 3.93. The smallest absolute Gasteiger partial charge is 0.255 e. The number of nitrogens with one attached hydrogen (secondary N) is 1. The standard InChI is InChI=1S/C19H18BrN3O2/c1-12-18(20)13(2)23(22-12)15-10-8-14(9-11-15)19(24)21-16-6-4-5-7-17(16)25-3/h4-11H,1-3H3,(H,21,24). The summed E-state index contributed by atoms with van der Waals surface area (Å²) in [5.41, 5.74) is 4.05. The molecule has 0 aliphatic carbocycles. The molecule has 0 aliphatic rings. The molecule has 0 unspecified atom stereocenters. The van der Waals surface area contributed by atoms with Crippen molar-refractivity contribution in [1.82, 2.24) is 9.78 Å². The first-order valence-electron chi connectivity index (χ1n) is 7.78. The van der Waals surface area contributed by atoms with Crippen LogP contribution in [-0.4, -0.2) is 22.8 Å². The number of rotatable bonds is 4. The van der Waals surface area contributed by atoms with Crippen molar-refractivity contribution in [3.05, 3.63) is 70.0 Å². The summed E-state index contributed by atoms with van der Waals surface area (Å²) in [7, 11) is 1.58. The first-order valence-corrected chi connectivity index (χ1v) is 8.57. The number of hydrogen-bond acceptors (Lipinski definition) is 3. The highest BCUT2D eigenvalue weighted by Gasteiger charge is 2.12. The van der Waals surface area contributed by atoms with Gasteiger partial charge in [0.15, 0.2) is 0 Å². The van der Waals surface area contributed by atoms with Gasteiger partial charge in [0.2, 0.25) is 0 Å². The van der Waals surface area contributed by atoms with E-state index in [0.29, 0.717) is 17.0 Å². The van der Waals surface area contributed by atoms with Crippen molar-refractivity contribution < 1.29 is 9.53 Å². The Morgan fingerprint density at radius 3 is 2.40 bits per heavy atom. The van der Waals surface area contributed by atoms with Gasteiger partial charge in [-0.15, -0.1) is 0 Å². The van der Waals surface area contributed by atoms with Gasteiger partial charge in [-0.2, -0.15) is 5.10 Å². The number of amides is 1. The Labute approximate surface area is 154 Å². The van der Waals surface area contributed by atoms with E-state index >= 15 is 0 Å². The van der Waals surface area contributed by atoms with Gasteiger partial charge in [0.1, 0.15) is 5.75 Å². The maximum atomic E-state index is 12.5. The van der Waals surface area contributed by atoms with E-state index in [2.05, 4.69) is 26.3 Å². The van der Waals surface area contributed by atoms with Gasteiger partial charge in [-0.25, -0.2) is 4.68 Å². The number of para-hydroxylation sites is 2. The number of benzene rings is 2. The average Bonchev–Trinajstić information content (AvgIpc) is 2.89. The Hall–Kier alpha value is -2.60. The topological polar surface area (TPSA) is 56.1 Å². The van der Waals surface area contributed by atoms with E-state index in [4.69, 9.17) is 4.74 Å². The molecule has 1 heterocycles. The summed E-state index contributed by atoms with van der Waals surface area (Å²) in [6.45, 7) is 3.94. The molecule has 1 N–H and O–H groups in total. The molecule has 0 bridgehead atoms. The summed E-state index contributed by atoms with van der Waals surface area (Å²) in [5, 5.41) is 7.37. The number of aromatic nitrogens is 2. The van der Waals surface area contributed by atoms with Crippen molar-refractivity contribution in [2.75, 3.05) is 12.4 Å². The van der Waals surface area contributed by atoms with E-state index in [1.165, 1.54) is 0 Å². The molecule has 3 aromatic rings. The van der Waals surface area contributed by atoms with Gasteiger partial charge >= 0.3 is 0 Å². The third kappa shape index (κ3) is 3.44. The highest BCUT2D eigenvalue weighted by atomic mass is 79.9. The Bertz CT molecular complexity index is 917. The minimum absolute atomic E-state index is 0.189. The highest BCUT2D eigenvalue weighted by Crippen LogP contribution is 2.25. The number of nitrogens with zero attached hydrogens (tertiary/aromatic N) is 2. The van der Waals surface area contributed by atoms with Crippen molar-refractivity contribution in [2.24, 2.45) is 0 Å². The van der Waals surface area contributed by atoms with Gasteiger partial charge in [-0.1, -0.05) is 12.1 Å². The van der Waals surface area contributed by atoms with Crippen molar-refractivity contribution >= 4 is 27.5 Å². The molecular formula is C19H18BrN3O2. The normalized spacial score (nSPS) is 10.6. The zero-order chi connectivity index (χ0) is 18.0. The maximum Gasteiger partial charge on any atom is 0.255 e. The fraction of sp³-hybridized carbons (Fsp3) is 0.158. The number of hydrogen-bond donors (Lipinski definition) is 1. The monoisotopic (exact) mass is 399 g/mol. The van der Waals surface area contributed by atoms with E-state index in [1.807, 2.05) is 42.8 Å². The van der Waals surface area contributed by atoms with Crippen LogP contribution in [0, 0.1) is 13.8 Å². The van der Waals surface area contributed by atoms with Gasteiger partial charge in [0, 0.05) is 5.56 Å². The Morgan fingerprint density at radius 2 is 1.80 bits per heavy atom. The molecule has 128 valence electrons. The molecule has 0 radical (unpaired) electrons. The van der Waals surface area contributed by atoms with Gasteiger partial charge in [0.25, 0.3) is 5.91 Å². The summed E-state index contributed by atoms with van der Waals surface area (Å²) in [6, 6.07) is 14.6. The zero-order valence-corrected chi connectivity index (χ0v) is 15.8. The molecule has 5 nitrogen and oxygen atoms in total. The van der Waals surface area contributed by atoms with Gasteiger partial charge in [-0.3, -0.25) is 4.79 Å². The predicted molar refractivity (Wildman–Crippen MR) is 102 cm³/mol. The van der Waals surface area contributed by atoms with Crippen LogP contribution in [0.5, 0.6) is 5.75 Å². The molecule has 25 heavy (non-hydrogen) atoms. The molecule has 0 saturated carbocycles. The number of halogens is 1. The molecule has 3 rings (SSSR count). The first kappa shape index (κ1) is 17.2.